The molecule has 4 nitrogen and oxygen atoms in total. The van der Waals surface area contributed by atoms with Crippen LogP contribution in [0.2, 0.25) is 0 Å². The van der Waals surface area contributed by atoms with E-state index in [-0.39, 0.29) is 0 Å². The Labute approximate surface area is 95.3 Å². The average Bonchev–Trinajstić information content (AvgIpc) is 2.19. The predicted octanol–water partition coefficient (Wildman–Crippen LogP) is 2.07. The topological polar surface area (TPSA) is 49.8 Å². The van der Waals surface area contributed by atoms with Crippen molar-refractivity contribution in [1.82, 2.24) is 9.97 Å². The molecule has 1 rings (SSSR count). The number of nitrogens with zero attached hydrogens (tertiary/aromatic N) is 2. The third-order valence-corrected chi connectivity index (χ3v) is 2.63. The van der Waals surface area contributed by atoms with E-state index < -0.39 is 0 Å². The van der Waals surface area contributed by atoms with E-state index in [1.165, 1.54) is 0 Å². The Morgan fingerprint density at radius 2 is 2.33 bits per heavy atom. The SMILES string of the molecule is CCNc1nccc(NC(C)CSC)n1. The lowest BCUT2D eigenvalue weighted by molar-refractivity contribution is 0.899. The van der Waals surface area contributed by atoms with Gasteiger partial charge in [-0.15, -0.1) is 0 Å². The minimum atomic E-state index is 0.421. The van der Waals surface area contributed by atoms with Crippen LogP contribution in [0.5, 0.6) is 0 Å². The van der Waals surface area contributed by atoms with Crippen molar-refractivity contribution in [1.29, 1.82) is 0 Å². The van der Waals surface area contributed by atoms with Gasteiger partial charge in [-0.1, -0.05) is 0 Å². The molecule has 0 aliphatic carbocycles. The van der Waals surface area contributed by atoms with Crippen LogP contribution in [0.25, 0.3) is 0 Å². The molecule has 84 valence electrons. The molecule has 5 heteroatoms. The van der Waals surface area contributed by atoms with Crippen LogP contribution in [0.15, 0.2) is 12.3 Å². The summed E-state index contributed by atoms with van der Waals surface area (Å²) in [6, 6.07) is 2.31. The van der Waals surface area contributed by atoms with E-state index in [4.69, 9.17) is 0 Å². The van der Waals surface area contributed by atoms with Crippen molar-refractivity contribution in [3.63, 3.8) is 0 Å². The smallest absolute Gasteiger partial charge is 0.224 e. The zero-order valence-corrected chi connectivity index (χ0v) is 10.3. The maximum atomic E-state index is 4.34. The van der Waals surface area contributed by atoms with Gasteiger partial charge in [0.15, 0.2) is 0 Å². The summed E-state index contributed by atoms with van der Waals surface area (Å²) in [5, 5.41) is 6.42. The van der Waals surface area contributed by atoms with Gasteiger partial charge in [0.2, 0.25) is 5.95 Å². The van der Waals surface area contributed by atoms with Crippen molar-refractivity contribution in [3.05, 3.63) is 12.3 Å². The van der Waals surface area contributed by atoms with Gasteiger partial charge < -0.3 is 10.6 Å². The van der Waals surface area contributed by atoms with Crippen molar-refractivity contribution in [2.45, 2.75) is 19.9 Å². The van der Waals surface area contributed by atoms with Gasteiger partial charge in [0.1, 0.15) is 5.82 Å². The summed E-state index contributed by atoms with van der Waals surface area (Å²) in [5.41, 5.74) is 0. The molecule has 0 spiro atoms. The maximum Gasteiger partial charge on any atom is 0.224 e. The van der Waals surface area contributed by atoms with Crippen LogP contribution in [-0.2, 0) is 0 Å². The molecule has 0 aliphatic heterocycles. The molecule has 1 unspecified atom stereocenters. The van der Waals surface area contributed by atoms with Crippen molar-refractivity contribution in [2.75, 3.05) is 29.2 Å². The Balaban J connectivity index is 2.56. The standard InChI is InChI=1S/C10H18N4S/c1-4-11-10-12-6-5-9(14-10)13-8(2)7-15-3/h5-6,8H,4,7H2,1-3H3,(H2,11,12,13,14). The lowest BCUT2D eigenvalue weighted by atomic mass is 10.4. The predicted molar refractivity (Wildman–Crippen MR) is 67.7 cm³/mol. The lowest BCUT2D eigenvalue weighted by Gasteiger charge is -2.13. The van der Waals surface area contributed by atoms with Crippen molar-refractivity contribution >= 4 is 23.5 Å². The minimum Gasteiger partial charge on any atom is -0.367 e. The molecule has 15 heavy (non-hydrogen) atoms. The zero-order valence-electron chi connectivity index (χ0n) is 9.45. The first-order valence-corrected chi connectivity index (χ1v) is 6.48. The fourth-order valence-electron chi connectivity index (χ4n) is 1.23. The third kappa shape index (κ3) is 4.38. The van der Waals surface area contributed by atoms with Crippen molar-refractivity contribution in [2.24, 2.45) is 0 Å². The van der Waals surface area contributed by atoms with Crippen LogP contribution in [0.4, 0.5) is 11.8 Å². The Hall–Kier alpha value is -0.970. The molecule has 0 fully saturated rings. The summed E-state index contributed by atoms with van der Waals surface area (Å²) in [5.74, 6) is 2.63. The second-order valence-electron chi connectivity index (χ2n) is 3.30. The van der Waals surface area contributed by atoms with Crippen molar-refractivity contribution < 1.29 is 0 Å². The first-order chi connectivity index (χ1) is 7.26. The number of rotatable bonds is 6. The first kappa shape index (κ1) is 12.1. The quantitative estimate of drug-likeness (QED) is 0.777. The molecule has 1 heterocycles. The van der Waals surface area contributed by atoms with Gasteiger partial charge in [-0.25, -0.2) is 4.98 Å². The summed E-state index contributed by atoms with van der Waals surface area (Å²) in [6.45, 7) is 5.01. The van der Waals surface area contributed by atoms with Crippen molar-refractivity contribution in [3.8, 4) is 0 Å². The largest absolute Gasteiger partial charge is 0.367 e. The molecule has 0 aliphatic rings. The monoisotopic (exact) mass is 226 g/mol. The Kier molecular flexibility index (Phi) is 5.25. The number of hydrogen-bond donors (Lipinski definition) is 2. The molecule has 1 atom stereocenters. The molecule has 0 saturated carbocycles. The highest BCUT2D eigenvalue weighted by atomic mass is 32.2. The fraction of sp³-hybridized carbons (Fsp3) is 0.600. The van der Waals surface area contributed by atoms with E-state index in [0.717, 1.165) is 18.1 Å². The normalized spacial score (nSPS) is 12.2. The molecule has 0 bridgehead atoms. The summed E-state index contributed by atoms with van der Waals surface area (Å²) in [7, 11) is 0. The summed E-state index contributed by atoms with van der Waals surface area (Å²) >= 11 is 1.82. The van der Waals surface area contributed by atoms with E-state index in [1.54, 1.807) is 6.20 Å². The highest BCUT2D eigenvalue weighted by Gasteiger charge is 2.02. The fourth-order valence-corrected chi connectivity index (χ4v) is 1.81. The molecular formula is C10H18N4S. The van der Waals surface area contributed by atoms with E-state index in [9.17, 15) is 0 Å². The molecular weight excluding hydrogens is 208 g/mol. The highest BCUT2D eigenvalue weighted by Crippen LogP contribution is 2.08. The highest BCUT2D eigenvalue weighted by molar-refractivity contribution is 7.98. The van der Waals surface area contributed by atoms with Gasteiger partial charge in [0.05, 0.1) is 0 Å². The number of thioether (sulfide) groups is 1. The third-order valence-electron chi connectivity index (χ3n) is 1.80. The molecule has 0 saturated heterocycles. The second kappa shape index (κ2) is 6.50. The average molecular weight is 226 g/mol. The molecule has 0 aromatic carbocycles. The summed E-state index contributed by atoms with van der Waals surface area (Å²) in [6.07, 6.45) is 3.86. The lowest BCUT2D eigenvalue weighted by Crippen LogP contribution is -2.19. The van der Waals surface area contributed by atoms with Gasteiger partial charge in [-0.3, -0.25) is 0 Å². The summed E-state index contributed by atoms with van der Waals surface area (Å²) < 4.78 is 0. The van der Waals surface area contributed by atoms with Crippen LogP contribution < -0.4 is 10.6 Å². The molecule has 1 aromatic rings. The molecule has 0 radical (unpaired) electrons. The van der Waals surface area contributed by atoms with Crippen LogP contribution >= 0.6 is 11.8 Å². The van der Waals surface area contributed by atoms with Gasteiger partial charge in [-0.2, -0.15) is 16.7 Å². The number of anilines is 2. The Bertz CT molecular complexity index is 293. The van der Waals surface area contributed by atoms with Crippen LogP contribution in [-0.4, -0.2) is 34.6 Å². The Morgan fingerprint density at radius 1 is 1.53 bits per heavy atom. The van der Waals surface area contributed by atoms with Gasteiger partial charge >= 0.3 is 0 Å². The van der Waals surface area contributed by atoms with Gasteiger partial charge in [0.25, 0.3) is 0 Å². The molecule has 0 amide bonds. The van der Waals surface area contributed by atoms with Gasteiger partial charge in [-0.05, 0) is 26.2 Å². The van der Waals surface area contributed by atoms with E-state index in [1.807, 2.05) is 24.8 Å². The van der Waals surface area contributed by atoms with Crippen LogP contribution in [0.1, 0.15) is 13.8 Å². The van der Waals surface area contributed by atoms with E-state index in [2.05, 4.69) is 33.8 Å². The molecule has 1 aromatic heterocycles. The summed E-state index contributed by atoms with van der Waals surface area (Å²) in [4.78, 5) is 8.46. The number of aromatic nitrogens is 2. The number of nitrogens with one attached hydrogen (secondary N) is 2. The first-order valence-electron chi connectivity index (χ1n) is 5.08. The molecule has 2 N–H and O–H groups in total. The maximum absolute atomic E-state index is 4.34. The van der Waals surface area contributed by atoms with Crippen LogP contribution in [0.3, 0.4) is 0 Å². The van der Waals surface area contributed by atoms with Gasteiger partial charge in [0, 0.05) is 24.5 Å². The van der Waals surface area contributed by atoms with Crippen LogP contribution in [0, 0.1) is 0 Å². The van der Waals surface area contributed by atoms with E-state index >= 15 is 0 Å². The zero-order chi connectivity index (χ0) is 11.1. The van der Waals surface area contributed by atoms with E-state index in [0.29, 0.717) is 12.0 Å². The Morgan fingerprint density at radius 3 is 3.00 bits per heavy atom. The minimum absolute atomic E-state index is 0.421. The number of hydrogen-bond acceptors (Lipinski definition) is 5. The second-order valence-corrected chi connectivity index (χ2v) is 4.21.